The largest absolute Gasteiger partial charge is 0.756 e. The molecular weight excluding hydrogens is 952 g/mol. The van der Waals surface area contributed by atoms with E-state index in [4.69, 9.17) is 14.7 Å². The number of hydrogen-bond donors (Lipinski definition) is 8. The summed E-state index contributed by atoms with van der Waals surface area (Å²) in [5.74, 6) is -6.66. The lowest BCUT2D eigenvalue weighted by Gasteiger charge is -2.21. The monoisotopic (exact) mass is 1020 g/mol. The third-order valence-corrected chi connectivity index (χ3v) is 12.0. The molecule has 2 atom stereocenters. The number of carboxylic acid groups (broad SMARTS) is 3. The number of carboxylic acids is 3. The van der Waals surface area contributed by atoms with Gasteiger partial charge in [-0.2, -0.15) is 0 Å². The molecule has 3 heterocycles. The zero-order chi connectivity index (χ0) is 52.5. The Morgan fingerprint density at radius 3 is 1.76 bits per heavy atom. The van der Waals surface area contributed by atoms with Gasteiger partial charge in [0.2, 0.25) is 17.6 Å². The first kappa shape index (κ1) is 58.9. The number of unbranched alkanes of at least 4 members (excludes halogenated alkanes) is 9. The molecule has 71 heavy (non-hydrogen) atoms. The van der Waals surface area contributed by atoms with Gasteiger partial charge in [0, 0.05) is 79.2 Å². The van der Waals surface area contributed by atoms with E-state index in [0.29, 0.717) is 24.3 Å². The van der Waals surface area contributed by atoms with Gasteiger partial charge in [-0.1, -0.05) is 51.4 Å². The molecule has 0 fully saturated rings. The molecule has 3 aromatic rings. The van der Waals surface area contributed by atoms with Crippen LogP contribution in [0.1, 0.15) is 128 Å². The maximum absolute atomic E-state index is 13.3. The van der Waals surface area contributed by atoms with Gasteiger partial charge >= 0.3 is 17.9 Å². The van der Waals surface area contributed by atoms with Gasteiger partial charge in [0.05, 0.1) is 31.1 Å². The smallest absolute Gasteiger partial charge is 0.317 e. The minimum Gasteiger partial charge on any atom is -0.756 e. The Morgan fingerprint density at radius 2 is 1.20 bits per heavy atom. The number of aromatic nitrogens is 4. The van der Waals surface area contributed by atoms with Gasteiger partial charge in [0.15, 0.2) is 5.82 Å². The zero-order valence-electron chi connectivity index (χ0n) is 40.7. The van der Waals surface area contributed by atoms with Gasteiger partial charge in [-0.25, -0.2) is 4.98 Å². The maximum atomic E-state index is 13.3. The van der Waals surface area contributed by atoms with Gasteiger partial charge in [0.25, 0.3) is 25.5 Å². The number of rotatable bonds is 36. The average Bonchev–Trinajstić information content (AvgIpc) is 3.97. The molecule has 0 aliphatic rings. The fraction of sp³-hybridized carbons (Fsp3) is 0.578. The van der Waals surface area contributed by atoms with Gasteiger partial charge in [-0.05, 0) is 50.3 Å². The van der Waals surface area contributed by atoms with Crippen molar-refractivity contribution in [1.29, 1.82) is 0 Å². The molecule has 0 aromatic carbocycles. The first-order chi connectivity index (χ1) is 33.7. The van der Waals surface area contributed by atoms with Crippen molar-refractivity contribution >= 4 is 72.5 Å². The van der Waals surface area contributed by atoms with E-state index in [9.17, 15) is 52.9 Å². The number of anilines is 3. The van der Waals surface area contributed by atoms with Crippen LogP contribution in [-0.2, 0) is 58.7 Å². The summed E-state index contributed by atoms with van der Waals surface area (Å²) in [6, 6.07) is 3.05. The summed E-state index contributed by atoms with van der Waals surface area (Å²) in [5.41, 5.74) is 1.26. The van der Waals surface area contributed by atoms with E-state index < -0.39 is 68.4 Å². The molecule has 0 saturated heterocycles. The van der Waals surface area contributed by atoms with Gasteiger partial charge < -0.3 is 69.5 Å². The minimum absolute atomic E-state index is 0.0389. The molecule has 25 nitrogen and oxygen atoms in total. The van der Waals surface area contributed by atoms with E-state index in [1.165, 1.54) is 27.6 Å². The normalized spacial score (nSPS) is 12.5. The molecule has 3 rings (SSSR count). The van der Waals surface area contributed by atoms with Gasteiger partial charge in [-0.15, -0.1) is 0 Å². The number of carbonyl (C=O) groups is 8. The molecule has 5 amide bonds. The SMILES string of the molecule is COP(=O)([O-])OCCCCCCCCCCCCNC(=O)c1cc(NC(=O)c2cc(NC(=O)c3nc(NC(=O)CCCNC(=O)CC(CCN(CC(=O)O)CC(=O)O)CC(=O)O)cn3C)cn2C)cn1C. The van der Waals surface area contributed by atoms with Crippen LogP contribution < -0.4 is 31.5 Å². The van der Waals surface area contributed by atoms with Crippen LogP contribution in [-0.4, -0.2) is 133 Å². The van der Waals surface area contributed by atoms with Crippen molar-refractivity contribution in [3.63, 3.8) is 0 Å². The lowest BCUT2D eigenvalue weighted by Crippen LogP contribution is -2.36. The van der Waals surface area contributed by atoms with E-state index >= 15 is 0 Å². The fourth-order valence-electron chi connectivity index (χ4n) is 7.50. The second kappa shape index (κ2) is 30.4. The third-order valence-electron chi connectivity index (χ3n) is 11.1. The molecule has 0 radical (unpaired) electrons. The topological polar surface area (TPSA) is 347 Å². The van der Waals surface area contributed by atoms with Crippen LogP contribution >= 0.6 is 7.82 Å². The number of aliphatic carboxylic acids is 3. The summed E-state index contributed by atoms with van der Waals surface area (Å²) >= 11 is 0. The summed E-state index contributed by atoms with van der Waals surface area (Å²) in [6.07, 6.45) is 14.1. The van der Waals surface area contributed by atoms with Crippen LogP contribution in [0.15, 0.2) is 30.7 Å². The number of phosphoric acid groups is 1. The summed E-state index contributed by atoms with van der Waals surface area (Å²) in [5, 5.41) is 41.0. The predicted octanol–water partition coefficient (Wildman–Crippen LogP) is 3.54. The lowest BCUT2D eigenvalue weighted by atomic mass is 9.96. The van der Waals surface area contributed by atoms with Crippen LogP contribution in [0.4, 0.5) is 17.2 Å². The molecular formula is C45H68N10O15P-. The van der Waals surface area contributed by atoms with Crippen molar-refractivity contribution in [3.8, 4) is 0 Å². The Bertz CT molecular complexity index is 2310. The molecule has 2 unspecified atom stereocenters. The molecule has 0 bridgehead atoms. The summed E-state index contributed by atoms with van der Waals surface area (Å²) < 4.78 is 24.7. The van der Waals surface area contributed by atoms with Crippen molar-refractivity contribution in [2.75, 3.05) is 62.4 Å². The van der Waals surface area contributed by atoms with Crippen LogP contribution in [0.3, 0.4) is 0 Å². The number of imidazole rings is 1. The third kappa shape index (κ3) is 22.9. The highest BCUT2D eigenvalue weighted by Gasteiger charge is 2.23. The molecule has 0 aliphatic carbocycles. The highest BCUT2D eigenvalue weighted by molar-refractivity contribution is 7.45. The van der Waals surface area contributed by atoms with Crippen LogP contribution in [0.2, 0.25) is 0 Å². The summed E-state index contributed by atoms with van der Waals surface area (Å²) in [7, 11) is 1.81. The fourth-order valence-corrected chi connectivity index (χ4v) is 7.96. The van der Waals surface area contributed by atoms with E-state index in [1.807, 2.05) is 0 Å². The van der Waals surface area contributed by atoms with Crippen LogP contribution in [0, 0.1) is 5.92 Å². The number of amides is 5. The first-order valence-corrected chi connectivity index (χ1v) is 24.8. The predicted molar refractivity (Wildman–Crippen MR) is 257 cm³/mol. The average molecular weight is 1020 g/mol. The van der Waals surface area contributed by atoms with Crippen LogP contribution in [0.5, 0.6) is 0 Å². The molecule has 0 spiro atoms. The van der Waals surface area contributed by atoms with E-state index in [0.717, 1.165) is 69.8 Å². The number of nitrogens with one attached hydrogen (secondary N) is 5. The molecule has 26 heteroatoms. The number of nitrogens with zero attached hydrogens (tertiary/aromatic N) is 5. The van der Waals surface area contributed by atoms with Crippen molar-refractivity contribution in [1.82, 2.24) is 34.2 Å². The second-order valence-electron chi connectivity index (χ2n) is 17.1. The molecule has 394 valence electrons. The number of aryl methyl sites for hydroxylation is 3. The maximum Gasteiger partial charge on any atom is 0.317 e. The molecule has 8 N–H and O–H groups in total. The standard InChI is InChI=1S/C45H69N10O15P/c1-52-26-32(24-34(52)43(64)47-18-13-11-9-7-5-6-8-10-12-14-21-70-71(67,68)69-4)48-44(65)35-25-33(27-53(35)2)49-45(66)42-51-36(28-54(42)3)50-37(56)16-15-19-46-38(57)22-31(23-39(58)59)17-20-55(29-40(60)61)30-41(62)63/h24-28,31H,5-23,29-30H2,1-4H3,(H,46,57)(H,47,64)(H,48,65)(H,49,66)(H,50,56)(H,58,59)(H,60,61)(H,62,63)(H,67,68)/p-1. The minimum atomic E-state index is -4.14. The number of phosphoric ester groups is 1. The lowest BCUT2D eigenvalue weighted by molar-refractivity contribution is -0.223. The summed E-state index contributed by atoms with van der Waals surface area (Å²) in [4.78, 5) is 115. The Hall–Kier alpha value is -6.40. The van der Waals surface area contributed by atoms with Crippen molar-refractivity contribution in [3.05, 3.63) is 47.9 Å². The van der Waals surface area contributed by atoms with Gasteiger partial charge in [-0.3, -0.25) is 47.8 Å². The quantitative estimate of drug-likeness (QED) is 0.0305. The zero-order valence-corrected chi connectivity index (χ0v) is 41.6. The highest BCUT2D eigenvalue weighted by atomic mass is 31.2. The molecule has 0 saturated carbocycles. The number of carbonyl (C=O) groups excluding carboxylic acids is 5. The van der Waals surface area contributed by atoms with Crippen molar-refractivity contribution in [2.24, 2.45) is 27.1 Å². The summed E-state index contributed by atoms with van der Waals surface area (Å²) in [6.45, 7) is -0.441. The first-order valence-electron chi connectivity index (χ1n) is 23.4. The highest BCUT2D eigenvalue weighted by Crippen LogP contribution is 2.36. The van der Waals surface area contributed by atoms with E-state index in [-0.39, 0.29) is 80.7 Å². The van der Waals surface area contributed by atoms with E-state index in [1.54, 1.807) is 38.0 Å². The van der Waals surface area contributed by atoms with Gasteiger partial charge in [0.1, 0.15) is 11.4 Å². The van der Waals surface area contributed by atoms with E-state index in [2.05, 4.69) is 36.1 Å². The van der Waals surface area contributed by atoms with Crippen molar-refractivity contribution in [2.45, 2.75) is 96.3 Å². The second-order valence-corrected chi connectivity index (χ2v) is 18.6. The number of hydrogen-bond acceptors (Lipinski definition) is 14. The Balaban J connectivity index is 1.37. The Morgan fingerprint density at radius 1 is 0.662 bits per heavy atom. The molecule has 0 aliphatic heterocycles. The molecule has 3 aromatic heterocycles. The Kier molecular flexibility index (Phi) is 25.2. The Labute approximate surface area is 411 Å². The van der Waals surface area contributed by atoms with Crippen molar-refractivity contribution < 1.29 is 72.2 Å². The van der Waals surface area contributed by atoms with Crippen LogP contribution in [0.25, 0.3) is 0 Å².